The van der Waals surface area contributed by atoms with Crippen LogP contribution in [0.4, 0.5) is 5.69 Å². The van der Waals surface area contributed by atoms with Gasteiger partial charge in [0.25, 0.3) is 0 Å². The highest BCUT2D eigenvalue weighted by Gasteiger charge is 2.26. The fourth-order valence-corrected chi connectivity index (χ4v) is 3.67. The van der Waals surface area contributed by atoms with Gasteiger partial charge in [-0.05, 0) is 68.3 Å². The smallest absolute Gasteiger partial charge is 0.338 e. The first-order valence-electron chi connectivity index (χ1n) is 9.60. The van der Waals surface area contributed by atoms with Crippen LogP contribution in [0, 0.1) is 5.92 Å². The molecule has 0 spiro atoms. The molecule has 1 aliphatic rings. The Morgan fingerprint density at radius 2 is 2.00 bits per heavy atom. The molecule has 2 aromatic rings. The number of carbonyl (C=O) groups excluding carboxylic acids is 2. The molecule has 1 fully saturated rings. The zero-order chi connectivity index (χ0) is 19.9. The van der Waals surface area contributed by atoms with Gasteiger partial charge in [0.2, 0.25) is 5.91 Å². The number of likely N-dealkylation sites (tertiary alicyclic amines) is 1. The summed E-state index contributed by atoms with van der Waals surface area (Å²) in [6.45, 7) is 4.60. The number of benzene rings is 2. The van der Waals surface area contributed by atoms with Crippen LogP contribution in [0.25, 0.3) is 0 Å². The van der Waals surface area contributed by atoms with Crippen LogP contribution in [-0.2, 0) is 16.1 Å². The maximum absolute atomic E-state index is 12.7. The SMILES string of the molecule is CCOC(=O)c1ccc(NC(=O)C2CCCN(Cc3cccc(Cl)c3)C2)cc1. The Morgan fingerprint density at radius 1 is 1.21 bits per heavy atom. The van der Waals surface area contributed by atoms with Crippen molar-refractivity contribution in [1.29, 1.82) is 0 Å². The van der Waals surface area contributed by atoms with Crippen molar-refractivity contribution in [3.63, 3.8) is 0 Å². The van der Waals surface area contributed by atoms with E-state index in [1.807, 2.05) is 18.2 Å². The molecule has 1 atom stereocenters. The van der Waals surface area contributed by atoms with E-state index in [0.717, 1.165) is 43.1 Å². The minimum atomic E-state index is -0.357. The molecule has 28 heavy (non-hydrogen) atoms. The number of amides is 1. The summed E-state index contributed by atoms with van der Waals surface area (Å²) in [5.41, 5.74) is 2.32. The van der Waals surface area contributed by atoms with Crippen molar-refractivity contribution in [2.24, 2.45) is 5.92 Å². The fourth-order valence-electron chi connectivity index (χ4n) is 3.46. The number of rotatable bonds is 6. The fraction of sp³-hybridized carbons (Fsp3) is 0.364. The average molecular weight is 401 g/mol. The van der Waals surface area contributed by atoms with Gasteiger partial charge in [-0.2, -0.15) is 0 Å². The van der Waals surface area contributed by atoms with Crippen LogP contribution in [-0.4, -0.2) is 36.5 Å². The van der Waals surface area contributed by atoms with E-state index < -0.39 is 0 Å². The number of halogens is 1. The molecule has 6 heteroatoms. The molecule has 0 aromatic heterocycles. The van der Waals surface area contributed by atoms with Crippen molar-refractivity contribution < 1.29 is 14.3 Å². The summed E-state index contributed by atoms with van der Waals surface area (Å²) in [5.74, 6) is -0.401. The number of esters is 1. The van der Waals surface area contributed by atoms with E-state index in [0.29, 0.717) is 17.9 Å². The summed E-state index contributed by atoms with van der Waals surface area (Å²) in [4.78, 5) is 26.7. The van der Waals surface area contributed by atoms with Crippen LogP contribution in [0.5, 0.6) is 0 Å². The Hall–Kier alpha value is -2.37. The van der Waals surface area contributed by atoms with Crippen LogP contribution in [0.2, 0.25) is 5.02 Å². The molecule has 0 aliphatic carbocycles. The van der Waals surface area contributed by atoms with Crippen molar-refractivity contribution in [3.05, 3.63) is 64.7 Å². The third-order valence-electron chi connectivity index (χ3n) is 4.84. The maximum atomic E-state index is 12.7. The lowest BCUT2D eigenvalue weighted by atomic mass is 9.96. The maximum Gasteiger partial charge on any atom is 0.338 e. The van der Waals surface area contributed by atoms with E-state index in [1.54, 1.807) is 31.2 Å². The lowest BCUT2D eigenvalue weighted by Gasteiger charge is -2.32. The molecule has 1 N–H and O–H groups in total. The Morgan fingerprint density at radius 3 is 2.71 bits per heavy atom. The minimum absolute atomic E-state index is 0.0136. The van der Waals surface area contributed by atoms with Crippen LogP contribution >= 0.6 is 11.6 Å². The molecule has 0 radical (unpaired) electrons. The van der Waals surface area contributed by atoms with Gasteiger partial charge in [0.15, 0.2) is 0 Å². The summed E-state index contributed by atoms with van der Waals surface area (Å²) < 4.78 is 4.97. The summed E-state index contributed by atoms with van der Waals surface area (Å²) in [7, 11) is 0. The third-order valence-corrected chi connectivity index (χ3v) is 5.07. The Labute approximate surface area is 170 Å². The molecule has 148 valence electrons. The summed E-state index contributed by atoms with van der Waals surface area (Å²) in [5, 5.41) is 3.70. The number of hydrogen-bond acceptors (Lipinski definition) is 4. The van der Waals surface area contributed by atoms with Gasteiger partial charge in [-0.3, -0.25) is 9.69 Å². The second-order valence-corrected chi connectivity index (χ2v) is 7.43. The summed E-state index contributed by atoms with van der Waals surface area (Å²) >= 11 is 6.07. The molecule has 5 nitrogen and oxygen atoms in total. The topological polar surface area (TPSA) is 58.6 Å². The van der Waals surface area contributed by atoms with Crippen molar-refractivity contribution in [2.45, 2.75) is 26.3 Å². The number of piperidine rings is 1. The first kappa shape index (κ1) is 20.4. The lowest BCUT2D eigenvalue weighted by Crippen LogP contribution is -2.40. The number of carbonyl (C=O) groups is 2. The highest BCUT2D eigenvalue weighted by molar-refractivity contribution is 6.30. The minimum Gasteiger partial charge on any atom is -0.462 e. The van der Waals surface area contributed by atoms with Crippen molar-refractivity contribution in [1.82, 2.24) is 4.90 Å². The van der Waals surface area contributed by atoms with Crippen LogP contribution in [0.1, 0.15) is 35.7 Å². The largest absolute Gasteiger partial charge is 0.462 e. The van der Waals surface area contributed by atoms with Gasteiger partial charge in [0.05, 0.1) is 18.1 Å². The lowest BCUT2D eigenvalue weighted by molar-refractivity contribution is -0.121. The molecule has 1 amide bonds. The first-order valence-corrected chi connectivity index (χ1v) is 9.98. The van der Waals surface area contributed by atoms with E-state index >= 15 is 0 Å². The van der Waals surface area contributed by atoms with E-state index in [4.69, 9.17) is 16.3 Å². The van der Waals surface area contributed by atoms with Gasteiger partial charge < -0.3 is 10.1 Å². The second-order valence-electron chi connectivity index (χ2n) is 6.99. The standard InChI is InChI=1S/C22H25ClN2O3/c1-2-28-22(27)17-8-10-20(11-9-17)24-21(26)18-6-4-12-25(15-18)14-16-5-3-7-19(23)13-16/h3,5,7-11,13,18H,2,4,6,12,14-15H2,1H3,(H,24,26). The van der Waals surface area contributed by atoms with Gasteiger partial charge in [0.1, 0.15) is 0 Å². The number of nitrogens with zero attached hydrogens (tertiary/aromatic N) is 1. The molecule has 0 bridgehead atoms. The Bertz CT molecular complexity index is 823. The van der Waals surface area contributed by atoms with Crippen molar-refractivity contribution in [2.75, 3.05) is 25.0 Å². The van der Waals surface area contributed by atoms with Gasteiger partial charge >= 0.3 is 5.97 Å². The number of ether oxygens (including phenoxy) is 1. The Kier molecular flexibility index (Phi) is 7.06. The average Bonchev–Trinajstić information content (AvgIpc) is 2.69. The first-order chi connectivity index (χ1) is 13.5. The molecule has 3 rings (SSSR count). The molecular weight excluding hydrogens is 376 g/mol. The van der Waals surface area contributed by atoms with E-state index in [-0.39, 0.29) is 17.8 Å². The van der Waals surface area contributed by atoms with Gasteiger partial charge in [-0.1, -0.05) is 23.7 Å². The van der Waals surface area contributed by atoms with E-state index in [2.05, 4.69) is 16.3 Å². The number of nitrogens with one attached hydrogen (secondary N) is 1. The number of hydrogen-bond donors (Lipinski definition) is 1. The number of anilines is 1. The van der Waals surface area contributed by atoms with E-state index in [1.165, 1.54) is 0 Å². The monoisotopic (exact) mass is 400 g/mol. The molecule has 1 saturated heterocycles. The second kappa shape index (κ2) is 9.71. The summed E-state index contributed by atoms with van der Waals surface area (Å²) in [6.07, 6.45) is 1.86. The van der Waals surface area contributed by atoms with Crippen molar-refractivity contribution in [3.8, 4) is 0 Å². The predicted molar refractivity (Wildman–Crippen MR) is 110 cm³/mol. The van der Waals surface area contributed by atoms with Crippen LogP contribution in [0.3, 0.4) is 0 Å². The molecule has 1 heterocycles. The predicted octanol–water partition coefficient (Wildman–Crippen LogP) is 4.37. The molecule has 1 unspecified atom stereocenters. The van der Waals surface area contributed by atoms with Gasteiger partial charge in [0, 0.05) is 23.8 Å². The Balaban J connectivity index is 1.55. The zero-order valence-electron chi connectivity index (χ0n) is 16.0. The van der Waals surface area contributed by atoms with Gasteiger partial charge in [-0.15, -0.1) is 0 Å². The third kappa shape index (κ3) is 5.57. The normalized spacial score (nSPS) is 17.1. The van der Waals surface area contributed by atoms with E-state index in [9.17, 15) is 9.59 Å². The van der Waals surface area contributed by atoms with Crippen LogP contribution < -0.4 is 5.32 Å². The quantitative estimate of drug-likeness (QED) is 0.731. The van der Waals surface area contributed by atoms with Gasteiger partial charge in [-0.25, -0.2) is 4.79 Å². The summed E-state index contributed by atoms with van der Waals surface area (Å²) in [6, 6.07) is 14.6. The molecular formula is C22H25ClN2O3. The van der Waals surface area contributed by atoms with Crippen molar-refractivity contribution >= 4 is 29.2 Å². The molecule has 2 aromatic carbocycles. The molecule has 1 aliphatic heterocycles. The van der Waals surface area contributed by atoms with Crippen LogP contribution in [0.15, 0.2) is 48.5 Å². The highest BCUT2D eigenvalue weighted by atomic mass is 35.5. The zero-order valence-corrected chi connectivity index (χ0v) is 16.7. The highest BCUT2D eigenvalue weighted by Crippen LogP contribution is 2.22. The molecule has 0 saturated carbocycles.